The monoisotopic (exact) mass is 454 g/mol. The van der Waals surface area contributed by atoms with Crippen molar-refractivity contribution in [2.45, 2.75) is 39.2 Å². The van der Waals surface area contributed by atoms with Gasteiger partial charge in [0.1, 0.15) is 17.0 Å². The number of aromatic amines is 1. The number of H-pyrrole nitrogens is 1. The maximum Gasteiger partial charge on any atom is 0.439 e. The molecule has 1 fully saturated rings. The van der Waals surface area contributed by atoms with Gasteiger partial charge in [0, 0.05) is 17.1 Å². The van der Waals surface area contributed by atoms with Crippen LogP contribution in [0.4, 0.5) is 0 Å². The molecule has 3 heterocycles. The van der Waals surface area contributed by atoms with Crippen LogP contribution < -0.4 is 10.5 Å². The van der Waals surface area contributed by atoms with E-state index < -0.39 is 5.76 Å². The molecule has 1 aromatic carbocycles. The molecule has 5 rings (SSSR count). The highest BCUT2D eigenvalue weighted by molar-refractivity contribution is 6.31. The van der Waals surface area contributed by atoms with Crippen molar-refractivity contribution >= 4 is 22.8 Å². The van der Waals surface area contributed by atoms with E-state index in [0.717, 1.165) is 23.5 Å². The number of hydrogen-bond acceptors (Lipinski definition) is 7. The first kappa shape index (κ1) is 20.7. The molecule has 9 nitrogen and oxygen atoms in total. The van der Waals surface area contributed by atoms with E-state index in [2.05, 4.69) is 36.1 Å². The minimum Gasteiger partial charge on any atom is -0.497 e. The number of benzene rings is 1. The number of methoxy groups -OCH3 is 1. The third-order valence-electron chi connectivity index (χ3n) is 6.10. The fourth-order valence-corrected chi connectivity index (χ4v) is 4.58. The molecule has 1 aliphatic rings. The van der Waals surface area contributed by atoms with Crippen LogP contribution in [0.3, 0.4) is 0 Å². The second-order valence-corrected chi connectivity index (χ2v) is 8.85. The molecular weight excluding hydrogens is 432 g/mol. The Labute approximate surface area is 188 Å². The average molecular weight is 455 g/mol. The molecule has 32 heavy (non-hydrogen) atoms. The molecule has 0 bridgehead atoms. The van der Waals surface area contributed by atoms with Crippen molar-refractivity contribution in [1.82, 2.24) is 29.7 Å². The highest BCUT2D eigenvalue weighted by atomic mass is 35.5. The van der Waals surface area contributed by atoms with E-state index in [9.17, 15) is 4.79 Å². The predicted octanol–water partition coefficient (Wildman–Crippen LogP) is 4.32. The first-order valence-corrected chi connectivity index (χ1v) is 11.0. The number of nitrogens with zero attached hydrogens (tertiary/aromatic N) is 5. The quantitative estimate of drug-likeness (QED) is 0.477. The number of imidazole rings is 1. The zero-order chi connectivity index (χ0) is 22.2. The number of fused-ring (bicyclic) bond motifs is 1. The number of halogens is 1. The summed E-state index contributed by atoms with van der Waals surface area (Å²) in [5.74, 6) is 1.67. The second-order valence-electron chi connectivity index (χ2n) is 8.41. The summed E-state index contributed by atoms with van der Waals surface area (Å²) in [4.78, 5) is 27.8. The highest BCUT2D eigenvalue weighted by Gasteiger charge is 2.23. The summed E-state index contributed by atoms with van der Waals surface area (Å²) in [7, 11) is 1.59. The topological polar surface area (TPSA) is 112 Å². The van der Waals surface area contributed by atoms with Crippen molar-refractivity contribution in [1.29, 1.82) is 0 Å². The van der Waals surface area contributed by atoms with Crippen molar-refractivity contribution in [3.63, 3.8) is 0 Å². The third-order valence-corrected chi connectivity index (χ3v) is 6.31. The Morgan fingerprint density at radius 2 is 2.03 bits per heavy atom. The highest BCUT2D eigenvalue weighted by Crippen LogP contribution is 2.34. The van der Waals surface area contributed by atoms with Crippen molar-refractivity contribution < 1.29 is 9.26 Å². The Hall–Kier alpha value is -3.20. The van der Waals surface area contributed by atoms with Gasteiger partial charge in [-0.25, -0.2) is 19.7 Å². The Kier molecular flexibility index (Phi) is 5.42. The first-order chi connectivity index (χ1) is 15.5. The maximum atomic E-state index is 11.5. The van der Waals surface area contributed by atoms with E-state index in [-0.39, 0.29) is 11.6 Å². The van der Waals surface area contributed by atoms with Crippen LogP contribution >= 0.6 is 11.6 Å². The van der Waals surface area contributed by atoms with Crippen molar-refractivity contribution in [3.05, 3.63) is 40.1 Å². The fourth-order valence-electron chi connectivity index (χ4n) is 4.36. The summed E-state index contributed by atoms with van der Waals surface area (Å²) in [6.45, 7) is 3.16. The lowest BCUT2D eigenvalue weighted by atomic mass is 9.83. The van der Waals surface area contributed by atoms with Crippen molar-refractivity contribution in [3.8, 4) is 28.7 Å². The van der Waals surface area contributed by atoms with Gasteiger partial charge in [-0.15, -0.1) is 0 Å². The summed E-state index contributed by atoms with van der Waals surface area (Å²) >= 11 is 6.35. The molecule has 1 saturated carbocycles. The molecule has 1 N–H and O–H groups in total. The van der Waals surface area contributed by atoms with E-state index in [4.69, 9.17) is 21.3 Å². The van der Waals surface area contributed by atoms with E-state index in [1.54, 1.807) is 19.5 Å². The average Bonchev–Trinajstić information content (AvgIpc) is 3.40. The van der Waals surface area contributed by atoms with E-state index in [1.165, 1.54) is 25.7 Å². The molecule has 3 aromatic heterocycles. The van der Waals surface area contributed by atoms with Gasteiger partial charge < -0.3 is 9.30 Å². The predicted molar refractivity (Wildman–Crippen MR) is 120 cm³/mol. The molecule has 0 aliphatic heterocycles. The zero-order valence-corrected chi connectivity index (χ0v) is 18.6. The molecule has 1 aliphatic carbocycles. The van der Waals surface area contributed by atoms with Crippen LogP contribution in [0.5, 0.6) is 5.75 Å². The number of ether oxygens (including phenoxy) is 1. The first-order valence-electron chi connectivity index (χ1n) is 10.6. The van der Waals surface area contributed by atoms with Gasteiger partial charge in [0.15, 0.2) is 5.65 Å². The Morgan fingerprint density at radius 3 is 2.75 bits per heavy atom. The molecule has 166 valence electrons. The normalized spacial score (nSPS) is 18.8. The molecule has 0 atom stereocenters. The molecular formula is C22H23ClN6O3. The lowest BCUT2D eigenvalue weighted by molar-refractivity contribution is 0.266. The molecule has 0 amide bonds. The number of aromatic nitrogens is 6. The van der Waals surface area contributed by atoms with Gasteiger partial charge in [-0.1, -0.05) is 36.5 Å². The lowest BCUT2D eigenvalue weighted by Crippen LogP contribution is -2.17. The van der Waals surface area contributed by atoms with Crippen LogP contribution in [0.25, 0.3) is 34.1 Å². The SMILES string of the molecule is COc1cc(Cl)cc(-c2nc(-c3noc(=O)[nH]3)nc3ncn(CC4CCC(C)CC4)c23)c1. The molecule has 0 spiro atoms. The maximum absolute atomic E-state index is 11.5. The van der Waals surface area contributed by atoms with Gasteiger partial charge in [0.25, 0.3) is 0 Å². The standard InChI is InChI=1S/C22H23ClN6O3/c1-12-3-5-13(6-4-12)10-29-11-24-19-18(29)17(14-7-15(23)9-16(8-14)31-2)25-20(26-19)21-27-22(30)32-28-21/h7-9,11-13H,3-6,10H2,1-2H3,(H,27,28,30). The van der Waals surface area contributed by atoms with Crippen molar-refractivity contribution in [2.75, 3.05) is 7.11 Å². The summed E-state index contributed by atoms with van der Waals surface area (Å²) in [6.07, 6.45) is 6.68. The summed E-state index contributed by atoms with van der Waals surface area (Å²) < 4.78 is 12.2. The number of hydrogen-bond donors (Lipinski definition) is 1. The van der Waals surface area contributed by atoms with Gasteiger partial charge >= 0.3 is 5.76 Å². The molecule has 0 radical (unpaired) electrons. The number of nitrogens with one attached hydrogen (secondary N) is 1. The van der Waals surface area contributed by atoms with Crippen molar-refractivity contribution in [2.24, 2.45) is 11.8 Å². The van der Waals surface area contributed by atoms with Crippen LogP contribution in [0.2, 0.25) is 5.02 Å². The molecule has 0 saturated heterocycles. The molecule has 0 unspecified atom stereocenters. The van der Waals surface area contributed by atoms with Gasteiger partial charge in [0.05, 0.1) is 13.4 Å². The molecule has 4 aromatic rings. The summed E-state index contributed by atoms with van der Waals surface area (Å²) in [5, 5.41) is 4.26. The van der Waals surface area contributed by atoms with E-state index in [0.29, 0.717) is 28.0 Å². The van der Waals surface area contributed by atoms with Crippen LogP contribution in [0.15, 0.2) is 33.8 Å². The largest absolute Gasteiger partial charge is 0.497 e. The summed E-state index contributed by atoms with van der Waals surface area (Å²) in [6, 6.07) is 5.42. The second kappa shape index (κ2) is 8.38. The summed E-state index contributed by atoms with van der Waals surface area (Å²) in [5.41, 5.74) is 2.71. The lowest BCUT2D eigenvalue weighted by Gasteiger charge is -2.26. The van der Waals surface area contributed by atoms with Gasteiger partial charge in [0.2, 0.25) is 11.6 Å². The van der Waals surface area contributed by atoms with Crippen LogP contribution in [-0.2, 0) is 6.54 Å². The van der Waals surface area contributed by atoms with Crippen LogP contribution in [-0.4, -0.2) is 36.8 Å². The van der Waals surface area contributed by atoms with Crippen LogP contribution in [0.1, 0.15) is 32.6 Å². The van der Waals surface area contributed by atoms with E-state index >= 15 is 0 Å². The van der Waals surface area contributed by atoms with E-state index in [1.807, 2.05) is 12.1 Å². The smallest absolute Gasteiger partial charge is 0.439 e. The molecule has 10 heteroatoms. The van der Waals surface area contributed by atoms with Gasteiger partial charge in [-0.05, 0) is 42.9 Å². The van der Waals surface area contributed by atoms with Crippen LogP contribution in [0, 0.1) is 11.8 Å². The minimum absolute atomic E-state index is 0.142. The van der Waals surface area contributed by atoms with Gasteiger partial charge in [-0.3, -0.25) is 9.51 Å². The number of rotatable bonds is 5. The Balaban J connectivity index is 1.66. The zero-order valence-electron chi connectivity index (χ0n) is 17.8. The Morgan fingerprint density at radius 1 is 1.22 bits per heavy atom. The minimum atomic E-state index is -0.674. The fraction of sp³-hybridized carbons (Fsp3) is 0.409. The van der Waals surface area contributed by atoms with Gasteiger partial charge in [-0.2, -0.15) is 0 Å². The Bertz CT molecular complexity index is 1320. The third kappa shape index (κ3) is 4.00.